The average Bonchev–Trinajstić information content (AvgIpc) is 2.03. The first-order valence-electron chi connectivity index (χ1n) is 5.27. The van der Waals surface area contributed by atoms with Crippen LogP contribution in [0.5, 0.6) is 0 Å². The van der Waals surface area contributed by atoms with Crippen molar-refractivity contribution in [3.05, 3.63) is 0 Å². The topological polar surface area (TPSA) is 34.1 Å². The van der Waals surface area contributed by atoms with E-state index in [1.54, 1.807) is 13.8 Å². The van der Waals surface area contributed by atoms with Gasteiger partial charge in [0, 0.05) is 10.7 Å². The second-order valence-corrected chi connectivity index (χ2v) is 8.11. The van der Waals surface area contributed by atoms with Crippen LogP contribution in [0.4, 0.5) is 0 Å². The first-order chi connectivity index (χ1) is 6.33. The van der Waals surface area contributed by atoms with Crippen LogP contribution in [-0.4, -0.2) is 13.2 Å². The van der Waals surface area contributed by atoms with E-state index in [0.29, 0.717) is 12.3 Å². The van der Waals surface area contributed by atoms with Gasteiger partial charge < -0.3 is 0 Å². The van der Waals surface area contributed by atoms with E-state index in [9.17, 15) is 8.42 Å². The van der Waals surface area contributed by atoms with Gasteiger partial charge in [-0.15, -0.1) is 0 Å². The molecule has 1 fully saturated rings. The summed E-state index contributed by atoms with van der Waals surface area (Å²) in [5.74, 6) is 0.548. The Morgan fingerprint density at radius 1 is 1.21 bits per heavy atom. The molecule has 0 amide bonds. The van der Waals surface area contributed by atoms with Crippen molar-refractivity contribution < 1.29 is 8.42 Å². The molecule has 1 aliphatic carbocycles. The molecule has 0 unspecified atom stereocenters. The van der Waals surface area contributed by atoms with Crippen LogP contribution in [0, 0.1) is 5.92 Å². The van der Waals surface area contributed by atoms with Crippen LogP contribution in [0.1, 0.15) is 52.4 Å². The van der Waals surface area contributed by atoms with Crippen molar-refractivity contribution in [3.63, 3.8) is 0 Å². The van der Waals surface area contributed by atoms with Crippen molar-refractivity contribution >= 4 is 19.7 Å². The second-order valence-electron chi connectivity index (χ2n) is 4.91. The Kier molecular flexibility index (Phi) is 3.87. The Morgan fingerprint density at radius 2 is 1.71 bits per heavy atom. The van der Waals surface area contributed by atoms with E-state index in [4.69, 9.17) is 10.7 Å². The molecule has 14 heavy (non-hydrogen) atoms. The monoisotopic (exact) mass is 238 g/mol. The lowest BCUT2D eigenvalue weighted by Gasteiger charge is -2.29. The van der Waals surface area contributed by atoms with Crippen molar-refractivity contribution in [1.29, 1.82) is 0 Å². The van der Waals surface area contributed by atoms with Crippen molar-refractivity contribution in [2.24, 2.45) is 5.92 Å². The van der Waals surface area contributed by atoms with Gasteiger partial charge in [0.25, 0.3) is 0 Å². The molecule has 0 aromatic carbocycles. The van der Waals surface area contributed by atoms with Gasteiger partial charge in [-0.3, -0.25) is 0 Å². The quantitative estimate of drug-likeness (QED) is 0.707. The van der Waals surface area contributed by atoms with Crippen LogP contribution in [0.15, 0.2) is 0 Å². The van der Waals surface area contributed by atoms with E-state index in [0.717, 1.165) is 12.8 Å². The maximum atomic E-state index is 11.3. The van der Waals surface area contributed by atoms with E-state index >= 15 is 0 Å². The Morgan fingerprint density at radius 3 is 2.14 bits per heavy atom. The Labute approximate surface area is 91.5 Å². The third-order valence-corrected chi connectivity index (χ3v) is 5.90. The molecule has 0 aliphatic heterocycles. The predicted octanol–water partition coefficient (Wildman–Crippen LogP) is 3.30. The fraction of sp³-hybridized carbons (Fsp3) is 1.00. The van der Waals surface area contributed by atoms with Crippen molar-refractivity contribution in [3.8, 4) is 0 Å². The third kappa shape index (κ3) is 3.13. The molecule has 84 valence electrons. The van der Waals surface area contributed by atoms with Crippen LogP contribution in [0.25, 0.3) is 0 Å². The zero-order valence-electron chi connectivity index (χ0n) is 8.92. The molecule has 0 aromatic rings. The van der Waals surface area contributed by atoms with Gasteiger partial charge in [0.15, 0.2) is 0 Å². The summed E-state index contributed by atoms with van der Waals surface area (Å²) in [6, 6.07) is 0. The molecule has 0 spiro atoms. The predicted molar refractivity (Wildman–Crippen MR) is 60.0 cm³/mol. The van der Waals surface area contributed by atoms with Crippen LogP contribution in [-0.2, 0) is 9.05 Å². The van der Waals surface area contributed by atoms with Crippen LogP contribution >= 0.6 is 10.7 Å². The maximum absolute atomic E-state index is 11.3. The highest BCUT2D eigenvalue weighted by Crippen LogP contribution is 2.35. The minimum absolute atomic E-state index is 0.548. The number of halogens is 1. The zero-order chi connectivity index (χ0) is 10.8. The Bertz CT molecular complexity index is 276. The summed E-state index contributed by atoms with van der Waals surface area (Å²) in [6.07, 6.45) is 6.81. The van der Waals surface area contributed by atoms with Gasteiger partial charge in [-0.05, 0) is 26.2 Å². The first kappa shape index (κ1) is 12.3. The summed E-state index contributed by atoms with van der Waals surface area (Å²) in [5, 5.41) is 0. The van der Waals surface area contributed by atoms with Gasteiger partial charge in [-0.25, -0.2) is 8.42 Å². The highest BCUT2D eigenvalue weighted by Gasteiger charge is 2.35. The summed E-state index contributed by atoms with van der Waals surface area (Å²) in [6.45, 7) is 3.45. The maximum Gasteiger partial charge on any atom is 0.237 e. The Hall–Kier alpha value is 0.240. The summed E-state index contributed by atoms with van der Waals surface area (Å²) >= 11 is 0. The SMILES string of the molecule is CC(C)(CC1CCCCC1)S(=O)(=O)Cl. The lowest BCUT2D eigenvalue weighted by Crippen LogP contribution is -2.31. The molecule has 2 nitrogen and oxygen atoms in total. The first-order valence-corrected chi connectivity index (χ1v) is 7.58. The van der Waals surface area contributed by atoms with Gasteiger partial charge in [0.2, 0.25) is 9.05 Å². The molecule has 0 bridgehead atoms. The third-order valence-electron chi connectivity index (χ3n) is 3.17. The average molecular weight is 239 g/mol. The minimum Gasteiger partial charge on any atom is -0.212 e. The van der Waals surface area contributed by atoms with Gasteiger partial charge in [-0.1, -0.05) is 32.1 Å². The number of hydrogen-bond acceptors (Lipinski definition) is 2. The molecule has 1 aliphatic rings. The fourth-order valence-electron chi connectivity index (χ4n) is 2.19. The molecule has 0 N–H and O–H groups in total. The standard InChI is InChI=1S/C10H19ClO2S/c1-10(2,14(11,12)13)8-9-6-4-3-5-7-9/h9H,3-8H2,1-2H3. The number of hydrogen-bond donors (Lipinski definition) is 0. The van der Waals surface area contributed by atoms with Crippen LogP contribution in [0.3, 0.4) is 0 Å². The zero-order valence-corrected chi connectivity index (χ0v) is 10.5. The van der Waals surface area contributed by atoms with Gasteiger partial charge in [0.05, 0.1) is 4.75 Å². The number of rotatable bonds is 3. The fourth-order valence-corrected chi connectivity index (χ4v) is 2.81. The van der Waals surface area contributed by atoms with Gasteiger partial charge in [0.1, 0.15) is 0 Å². The molecule has 0 saturated heterocycles. The molecule has 1 saturated carbocycles. The van der Waals surface area contributed by atoms with E-state index in [1.807, 2.05) is 0 Å². The van der Waals surface area contributed by atoms with Crippen molar-refractivity contribution in [2.45, 2.75) is 57.1 Å². The van der Waals surface area contributed by atoms with E-state index in [-0.39, 0.29) is 0 Å². The van der Waals surface area contributed by atoms with Crippen LogP contribution in [0.2, 0.25) is 0 Å². The van der Waals surface area contributed by atoms with Gasteiger partial charge in [-0.2, -0.15) is 0 Å². The highest BCUT2D eigenvalue weighted by atomic mass is 35.7. The molecule has 4 heteroatoms. The Balaban J connectivity index is 2.58. The lowest BCUT2D eigenvalue weighted by atomic mass is 9.83. The van der Waals surface area contributed by atoms with E-state index < -0.39 is 13.8 Å². The van der Waals surface area contributed by atoms with E-state index in [1.165, 1.54) is 19.3 Å². The summed E-state index contributed by atoms with van der Waals surface area (Å²) < 4.78 is 21.8. The summed E-state index contributed by atoms with van der Waals surface area (Å²) in [5.41, 5.74) is 0. The van der Waals surface area contributed by atoms with Crippen LogP contribution < -0.4 is 0 Å². The summed E-state index contributed by atoms with van der Waals surface area (Å²) in [4.78, 5) is 0. The second kappa shape index (κ2) is 4.40. The van der Waals surface area contributed by atoms with Gasteiger partial charge >= 0.3 is 0 Å². The van der Waals surface area contributed by atoms with Crippen molar-refractivity contribution in [1.82, 2.24) is 0 Å². The molecule has 0 aromatic heterocycles. The molecule has 1 rings (SSSR count). The molecular weight excluding hydrogens is 220 g/mol. The smallest absolute Gasteiger partial charge is 0.212 e. The molecule has 0 atom stereocenters. The minimum atomic E-state index is -3.43. The lowest BCUT2D eigenvalue weighted by molar-refractivity contribution is 0.312. The van der Waals surface area contributed by atoms with E-state index in [2.05, 4.69) is 0 Å². The summed E-state index contributed by atoms with van der Waals surface area (Å²) in [7, 11) is 1.99. The highest BCUT2D eigenvalue weighted by molar-refractivity contribution is 8.14. The normalized spacial score (nSPS) is 21.1. The molecule has 0 radical (unpaired) electrons. The van der Waals surface area contributed by atoms with Crippen molar-refractivity contribution in [2.75, 3.05) is 0 Å². The molecular formula is C10H19ClO2S. The molecule has 0 heterocycles. The largest absolute Gasteiger partial charge is 0.237 e.